The van der Waals surface area contributed by atoms with Crippen molar-refractivity contribution >= 4 is 17.5 Å². The molecule has 1 N–H and O–H groups in total. The van der Waals surface area contributed by atoms with Crippen LogP contribution in [0.15, 0.2) is 12.3 Å². The molecule has 1 atom stereocenters. The fourth-order valence-corrected chi connectivity index (χ4v) is 2.39. The summed E-state index contributed by atoms with van der Waals surface area (Å²) in [6, 6.07) is 1.65. The Morgan fingerprint density at radius 2 is 2.50 bits per heavy atom. The maximum absolute atomic E-state index is 12.0. The average molecular weight is 271 g/mol. The molecule has 0 bridgehead atoms. The number of rotatable bonds is 5. The lowest BCUT2D eigenvalue weighted by Gasteiger charge is -2.17. The number of nitrogens with one attached hydrogen (secondary N) is 1. The summed E-state index contributed by atoms with van der Waals surface area (Å²) in [5.74, 6) is -0.0192. The third-order valence-electron chi connectivity index (χ3n) is 3.27. The molecule has 1 fully saturated rings. The smallest absolute Gasteiger partial charge is 0.270 e. The maximum atomic E-state index is 12.0. The largest absolute Gasteiger partial charge is 0.378 e. The summed E-state index contributed by atoms with van der Waals surface area (Å²) >= 11 is 5.78. The molecule has 1 aliphatic heterocycles. The van der Waals surface area contributed by atoms with Crippen molar-refractivity contribution in [3.05, 3.63) is 23.0 Å². The number of carbonyl (C=O) groups is 1. The molecular weight excluding hydrogens is 252 g/mol. The number of halogens is 1. The van der Waals surface area contributed by atoms with E-state index in [1.54, 1.807) is 17.2 Å². The molecule has 0 radical (unpaired) electrons. The van der Waals surface area contributed by atoms with Gasteiger partial charge in [0.25, 0.3) is 5.91 Å². The van der Waals surface area contributed by atoms with Crippen LogP contribution in [0.4, 0.5) is 0 Å². The molecule has 0 aromatic carbocycles. The molecule has 2 rings (SSSR count). The number of ether oxygens (including phenoxy) is 1. The minimum absolute atomic E-state index is 0.0192. The van der Waals surface area contributed by atoms with E-state index in [4.69, 9.17) is 16.3 Å². The molecule has 1 saturated heterocycles. The van der Waals surface area contributed by atoms with E-state index in [2.05, 4.69) is 4.98 Å². The summed E-state index contributed by atoms with van der Waals surface area (Å²) in [5, 5.41) is 0.561. The van der Waals surface area contributed by atoms with Crippen molar-refractivity contribution in [3.8, 4) is 0 Å². The van der Waals surface area contributed by atoms with Crippen LogP contribution < -0.4 is 0 Å². The van der Waals surface area contributed by atoms with E-state index >= 15 is 0 Å². The van der Waals surface area contributed by atoms with Gasteiger partial charge in [0.2, 0.25) is 0 Å². The van der Waals surface area contributed by atoms with Crippen LogP contribution in [-0.2, 0) is 4.74 Å². The molecule has 0 spiro atoms. The Morgan fingerprint density at radius 3 is 3.11 bits per heavy atom. The Morgan fingerprint density at radius 1 is 1.67 bits per heavy atom. The van der Waals surface area contributed by atoms with E-state index in [9.17, 15) is 4.79 Å². The minimum atomic E-state index is -0.0192. The SMILES string of the molecule is CN(CCC[C@@H]1CCCO1)C(=O)c1cc(Cl)c[nH]1. The molecule has 0 unspecified atom stereocenters. The van der Waals surface area contributed by atoms with Gasteiger partial charge in [0.15, 0.2) is 0 Å². The second-order valence-electron chi connectivity index (χ2n) is 4.74. The van der Waals surface area contributed by atoms with Crippen molar-refractivity contribution in [1.29, 1.82) is 0 Å². The summed E-state index contributed by atoms with van der Waals surface area (Å²) in [6.45, 7) is 1.63. The molecule has 1 aromatic rings. The molecule has 5 heteroatoms. The van der Waals surface area contributed by atoms with E-state index < -0.39 is 0 Å². The molecule has 0 saturated carbocycles. The van der Waals surface area contributed by atoms with E-state index in [1.807, 2.05) is 7.05 Å². The van der Waals surface area contributed by atoms with Gasteiger partial charge >= 0.3 is 0 Å². The fraction of sp³-hybridized carbons (Fsp3) is 0.615. The first-order valence-corrected chi connectivity index (χ1v) is 6.75. The topological polar surface area (TPSA) is 45.3 Å². The Balaban J connectivity index is 1.73. The predicted octanol–water partition coefficient (Wildman–Crippen LogP) is 2.70. The average Bonchev–Trinajstić information content (AvgIpc) is 2.99. The molecule has 0 aliphatic carbocycles. The number of aromatic amines is 1. The third kappa shape index (κ3) is 3.50. The number of nitrogens with zero attached hydrogens (tertiary/aromatic N) is 1. The second-order valence-corrected chi connectivity index (χ2v) is 5.17. The van der Waals surface area contributed by atoms with Gasteiger partial charge in [-0.2, -0.15) is 0 Å². The third-order valence-corrected chi connectivity index (χ3v) is 3.49. The van der Waals surface area contributed by atoms with Crippen molar-refractivity contribution in [2.45, 2.75) is 31.8 Å². The van der Waals surface area contributed by atoms with Gasteiger partial charge in [-0.05, 0) is 31.7 Å². The van der Waals surface area contributed by atoms with Crippen LogP contribution in [0.25, 0.3) is 0 Å². The van der Waals surface area contributed by atoms with E-state index in [0.29, 0.717) is 16.8 Å². The molecule has 4 nitrogen and oxygen atoms in total. The highest BCUT2D eigenvalue weighted by atomic mass is 35.5. The van der Waals surface area contributed by atoms with Crippen molar-refractivity contribution in [2.75, 3.05) is 20.2 Å². The van der Waals surface area contributed by atoms with Crippen LogP contribution in [-0.4, -0.2) is 42.1 Å². The zero-order chi connectivity index (χ0) is 13.0. The van der Waals surface area contributed by atoms with Crippen LogP contribution in [0.3, 0.4) is 0 Å². The van der Waals surface area contributed by atoms with Gasteiger partial charge in [0, 0.05) is 26.4 Å². The first kappa shape index (κ1) is 13.4. The molecule has 100 valence electrons. The molecule has 1 amide bonds. The van der Waals surface area contributed by atoms with Gasteiger partial charge in [-0.1, -0.05) is 11.6 Å². The second kappa shape index (κ2) is 6.25. The van der Waals surface area contributed by atoms with Gasteiger partial charge < -0.3 is 14.6 Å². The molecule has 18 heavy (non-hydrogen) atoms. The quantitative estimate of drug-likeness (QED) is 0.894. The normalized spacial score (nSPS) is 19.1. The molecular formula is C13H19ClN2O2. The van der Waals surface area contributed by atoms with Gasteiger partial charge in [-0.25, -0.2) is 0 Å². The summed E-state index contributed by atoms with van der Waals surface area (Å²) in [4.78, 5) is 16.6. The van der Waals surface area contributed by atoms with E-state index in [-0.39, 0.29) is 5.91 Å². The van der Waals surface area contributed by atoms with Crippen molar-refractivity contribution in [1.82, 2.24) is 9.88 Å². The monoisotopic (exact) mass is 270 g/mol. The molecule has 1 aromatic heterocycles. The number of hydrogen-bond donors (Lipinski definition) is 1. The number of hydrogen-bond acceptors (Lipinski definition) is 2. The summed E-state index contributed by atoms with van der Waals surface area (Å²) in [5.41, 5.74) is 0.541. The van der Waals surface area contributed by atoms with Crippen LogP contribution in [0, 0.1) is 0 Å². The van der Waals surface area contributed by atoms with Gasteiger partial charge in [-0.15, -0.1) is 0 Å². The maximum Gasteiger partial charge on any atom is 0.270 e. The number of carbonyl (C=O) groups excluding carboxylic acids is 1. The first-order valence-electron chi connectivity index (χ1n) is 6.38. The Hall–Kier alpha value is -1.00. The highest BCUT2D eigenvalue weighted by Crippen LogP contribution is 2.17. The van der Waals surface area contributed by atoms with Gasteiger partial charge in [0.1, 0.15) is 5.69 Å². The lowest BCUT2D eigenvalue weighted by Crippen LogP contribution is -2.28. The number of H-pyrrole nitrogens is 1. The highest BCUT2D eigenvalue weighted by molar-refractivity contribution is 6.30. The summed E-state index contributed by atoms with van der Waals surface area (Å²) in [6.07, 6.45) is 6.34. The van der Waals surface area contributed by atoms with Crippen molar-refractivity contribution < 1.29 is 9.53 Å². The van der Waals surface area contributed by atoms with E-state index in [0.717, 1.165) is 32.4 Å². The molecule has 2 heterocycles. The summed E-state index contributed by atoms with van der Waals surface area (Å²) < 4.78 is 5.56. The van der Waals surface area contributed by atoms with Crippen molar-refractivity contribution in [3.63, 3.8) is 0 Å². The standard InChI is InChI=1S/C13H19ClN2O2/c1-16(6-2-4-11-5-3-7-18-11)13(17)12-8-10(14)9-15-12/h8-9,11,15H,2-7H2,1H3/t11-/m1/s1. The van der Waals surface area contributed by atoms with Gasteiger partial charge in [-0.3, -0.25) is 4.79 Å². The van der Waals surface area contributed by atoms with Crippen LogP contribution in [0.5, 0.6) is 0 Å². The number of amides is 1. The lowest BCUT2D eigenvalue weighted by molar-refractivity contribution is 0.0758. The Labute approximate surface area is 112 Å². The van der Waals surface area contributed by atoms with E-state index in [1.165, 1.54) is 6.42 Å². The minimum Gasteiger partial charge on any atom is -0.378 e. The predicted molar refractivity (Wildman–Crippen MR) is 71.0 cm³/mol. The van der Waals surface area contributed by atoms with Crippen LogP contribution in [0.2, 0.25) is 5.02 Å². The van der Waals surface area contributed by atoms with Gasteiger partial charge in [0.05, 0.1) is 11.1 Å². The molecule has 1 aliphatic rings. The highest BCUT2D eigenvalue weighted by Gasteiger charge is 2.17. The van der Waals surface area contributed by atoms with Crippen LogP contribution in [0.1, 0.15) is 36.2 Å². The number of aromatic nitrogens is 1. The van der Waals surface area contributed by atoms with Crippen molar-refractivity contribution in [2.24, 2.45) is 0 Å². The zero-order valence-electron chi connectivity index (χ0n) is 10.6. The fourth-order valence-electron chi connectivity index (χ4n) is 2.23. The Kier molecular flexibility index (Phi) is 4.66. The van der Waals surface area contributed by atoms with Crippen LogP contribution >= 0.6 is 11.6 Å². The summed E-state index contributed by atoms with van der Waals surface area (Å²) in [7, 11) is 1.81. The Bertz CT molecular complexity index is 399. The zero-order valence-corrected chi connectivity index (χ0v) is 11.4. The first-order chi connectivity index (χ1) is 8.66. The lowest BCUT2D eigenvalue weighted by atomic mass is 10.1.